The third kappa shape index (κ3) is 5.84. The summed E-state index contributed by atoms with van der Waals surface area (Å²) in [6, 6.07) is 26.7. The number of carbonyl (C=O) groups is 1. The number of ether oxygens (including phenoxy) is 1. The number of carbonyl (C=O) groups excluding carboxylic acids is 1. The van der Waals surface area contributed by atoms with Crippen molar-refractivity contribution in [3.63, 3.8) is 0 Å². The highest BCUT2D eigenvalue weighted by molar-refractivity contribution is 5.79. The van der Waals surface area contributed by atoms with Crippen LogP contribution in [0.25, 0.3) is 22.3 Å². The molecule has 1 fully saturated rings. The van der Waals surface area contributed by atoms with Gasteiger partial charge in [-0.15, -0.1) is 0 Å². The third-order valence-corrected chi connectivity index (χ3v) is 7.55. The van der Waals surface area contributed by atoms with E-state index >= 15 is 0 Å². The van der Waals surface area contributed by atoms with Gasteiger partial charge in [0.05, 0.1) is 6.33 Å². The van der Waals surface area contributed by atoms with Gasteiger partial charge >= 0.3 is 6.09 Å². The van der Waals surface area contributed by atoms with Gasteiger partial charge in [-0.3, -0.25) is 9.78 Å². The zero-order valence-corrected chi connectivity index (χ0v) is 22.7. The number of H-pyrrole nitrogens is 2. The first-order valence-electron chi connectivity index (χ1n) is 14.0. The van der Waals surface area contributed by atoms with Gasteiger partial charge in [-0.2, -0.15) is 4.98 Å². The van der Waals surface area contributed by atoms with Gasteiger partial charge in [0.1, 0.15) is 6.61 Å². The summed E-state index contributed by atoms with van der Waals surface area (Å²) in [7, 11) is 0. The van der Waals surface area contributed by atoms with E-state index in [9.17, 15) is 9.59 Å². The summed E-state index contributed by atoms with van der Waals surface area (Å²) in [6.45, 7) is 2.68. The Balaban J connectivity index is 0.000000152. The van der Waals surface area contributed by atoms with Crippen LogP contribution < -0.4 is 10.9 Å². The van der Waals surface area contributed by atoms with Gasteiger partial charge in [-0.05, 0) is 47.1 Å². The van der Waals surface area contributed by atoms with Gasteiger partial charge < -0.3 is 19.9 Å². The lowest BCUT2D eigenvalue weighted by Crippen LogP contribution is -2.36. The highest BCUT2D eigenvalue weighted by Gasteiger charge is 2.29. The SMILES string of the molecule is O=C(OCC1c2ccccc2-c2ccccc21)N1CCCCC1.O=c1[nH]c(NCc2ccccc2)nc2nc[nH]c12. The van der Waals surface area contributed by atoms with Crippen molar-refractivity contribution in [2.75, 3.05) is 25.0 Å². The van der Waals surface area contributed by atoms with Gasteiger partial charge in [0.2, 0.25) is 5.95 Å². The predicted octanol–water partition coefficient (Wildman–Crippen LogP) is 5.68. The van der Waals surface area contributed by atoms with E-state index in [4.69, 9.17) is 4.74 Å². The van der Waals surface area contributed by atoms with Crippen molar-refractivity contribution in [2.24, 2.45) is 0 Å². The molecule has 3 heterocycles. The molecule has 0 unspecified atom stereocenters. The quantitative estimate of drug-likeness (QED) is 0.260. The van der Waals surface area contributed by atoms with E-state index in [-0.39, 0.29) is 17.6 Å². The molecule has 0 atom stereocenters. The van der Waals surface area contributed by atoms with Crippen molar-refractivity contribution in [3.05, 3.63) is 112 Å². The van der Waals surface area contributed by atoms with Crippen LogP contribution in [0.4, 0.5) is 10.7 Å². The number of aromatic nitrogens is 4. The number of rotatable bonds is 5. The van der Waals surface area contributed by atoms with Crippen molar-refractivity contribution in [2.45, 2.75) is 31.7 Å². The molecule has 0 spiro atoms. The number of amides is 1. The number of fused-ring (bicyclic) bond motifs is 4. The summed E-state index contributed by atoms with van der Waals surface area (Å²) in [5.74, 6) is 0.569. The van der Waals surface area contributed by atoms with Crippen LogP contribution in [0.2, 0.25) is 0 Å². The van der Waals surface area contributed by atoms with E-state index < -0.39 is 0 Å². The minimum Gasteiger partial charge on any atom is -0.448 e. The maximum atomic E-state index is 12.3. The highest BCUT2D eigenvalue weighted by Crippen LogP contribution is 2.44. The molecule has 3 aromatic carbocycles. The molecule has 2 aromatic heterocycles. The van der Waals surface area contributed by atoms with Crippen LogP contribution in [0.3, 0.4) is 0 Å². The monoisotopic (exact) mass is 548 g/mol. The molecule has 9 heteroatoms. The van der Waals surface area contributed by atoms with E-state index in [0.717, 1.165) is 31.5 Å². The van der Waals surface area contributed by atoms with Gasteiger partial charge in [0, 0.05) is 25.6 Å². The predicted molar refractivity (Wildman–Crippen MR) is 159 cm³/mol. The second-order valence-electron chi connectivity index (χ2n) is 10.2. The standard InChI is InChI=1S/C20H21NO2.C12H11N5O/c22-20(21-12-6-1-7-13-21)23-14-19-17-10-4-2-8-15(17)16-9-3-5-11-18(16)19;18-11-9-10(15-7-14-9)16-12(17-11)13-6-8-4-2-1-3-5-8/h2-5,8-11,19H,1,6-7,12-14H2;1-5,7H,6H2,(H3,13,14,15,16,17,18). The molecule has 1 saturated heterocycles. The fourth-order valence-electron chi connectivity index (χ4n) is 5.47. The normalized spacial score (nSPS) is 14.1. The molecule has 5 aromatic rings. The number of nitrogens with one attached hydrogen (secondary N) is 3. The van der Waals surface area contributed by atoms with Crippen molar-refractivity contribution < 1.29 is 9.53 Å². The Hall–Kier alpha value is -4.92. The first-order valence-corrected chi connectivity index (χ1v) is 14.0. The molecule has 0 saturated carbocycles. The number of hydrogen-bond acceptors (Lipinski definition) is 6. The van der Waals surface area contributed by atoms with Gasteiger partial charge in [-0.25, -0.2) is 9.78 Å². The van der Waals surface area contributed by atoms with E-state index in [2.05, 4.69) is 73.8 Å². The lowest BCUT2D eigenvalue weighted by atomic mass is 9.98. The Morgan fingerprint density at radius 2 is 1.56 bits per heavy atom. The zero-order valence-electron chi connectivity index (χ0n) is 22.7. The average molecular weight is 549 g/mol. The van der Waals surface area contributed by atoms with E-state index in [1.807, 2.05) is 35.2 Å². The first kappa shape index (κ1) is 26.3. The summed E-state index contributed by atoms with van der Waals surface area (Å²) in [5.41, 5.74) is 6.74. The average Bonchev–Trinajstić information content (AvgIpc) is 3.63. The van der Waals surface area contributed by atoms with Crippen molar-refractivity contribution >= 4 is 23.2 Å². The molecule has 7 rings (SSSR count). The van der Waals surface area contributed by atoms with Crippen molar-refractivity contribution in [1.29, 1.82) is 0 Å². The molecule has 9 nitrogen and oxygen atoms in total. The number of anilines is 1. The smallest absolute Gasteiger partial charge is 0.409 e. The largest absolute Gasteiger partial charge is 0.448 e. The number of nitrogens with zero attached hydrogens (tertiary/aromatic N) is 3. The summed E-state index contributed by atoms with van der Waals surface area (Å²) in [5, 5.41) is 3.06. The van der Waals surface area contributed by atoms with E-state index in [1.54, 1.807) is 0 Å². The molecule has 2 aliphatic rings. The highest BCUT2D eigenvalue weighted by atomic mass is 16.6. The number of aromatic amines is 2. The Morgan fingerprint density at radius 3 is 2.27 bits per heavy atom. The minimum absolute atomic E-state index is 0.149. The molecule has 41 heavy (non-hydrogen) atoms. The summed E-state index contributed by atoms with van der Waals surface area (Å²) in [4.78, 5) is 39.4. The molecule has 0 radical (unpaired) electrons. The van der Waals surface area contributed by atoms with Crippen LogP contribution in [-0.4, -0.2) is 50.6 Å². The van der Waals surface area contributed by atoms with Gasteiger partial charge in [-0.1, -0.05) is 78.9 Å². The molecular formula is C32H32N6O3. The third-order valence-electron chi connectivity index (χ3n) is 7.55. The number of likely N-dealkylation sites (tertiary alicyclic amines) is 1. The Bertz CT molecular complexity index is 1650. The second kappa shape index (κ2) is 12.1. The maximum absolute atomic E-state index is 12.3. The minimum atomic E-state index is -0.229. The van der Waals surface area contributed by atoms with Gasteiger partial charge in [0.25, 0.3) is 5.56 Å². The molecule has 1 amide bonds. The van der Waals surface area contributed by atoms with Crippen LogP contribution in [0.1, 0.15) is 41.9 Å². The van der Waals surface area contributed by atoms with Crippen molar-refractivity contribution in [3.8, 4) is 11.1 Å². The molecule has 1 aliphatic heterocycles. The Kier molecular flexibility index (Phi) is 7.75. The fourth-order valence-corrected chi connectivity index (χ4v) is 5.47. The summed E-state index contributed by atoms with van der Waals surface area (Å²) < 4.78 is 5.67. The van der Waals surface area contributed by atoms with Crippen LogP contribution in [0, 0.1) is 0 Å². The number of piperidine rings is 1. The van der Waals surface area contributed by atoms with Gasteiger partial charge in [0.15, 0.2) is 11.2 Å². The zero-order chi connectivity index (χ0) is 28.0. The number of benzene rings is 3. The van der Waals surface area contributed by atoms with E-state index in [1.165, 1.54) is 35.0 Å². The summed E-state index contributed by atoms with van der Waals surface area (Å²) in [6.07, 6.45) is 4.68. The fraction of sp³-hybridized carbons (Fsp3) is 0.250. The first-order chi connectivity index (χ1) is 20.2. The molecular weight excluding hydrogens is 516 g/mol. The van der Waals surface area contributed by atoms with Crippen LogP contribution in [0.5, 0.6) is 0 Å². The Morgan fingerprint density at radius 1 is 0.902 bits per heavy atom. The molecule has 3 N–H and O–H groups in total. The number of imidazole rings is 1. The van der Waals surface area contributed by atoms with Crippen molar-refractivity contribution in [1.82, 2.24) is 24.8 Å². The van der Waals surface area contributed by atoms with E-state index in [0.29, 0.717) is 30.3 Å². The second-order valence-corrected chi connectivity index (χ2v) is 10.2. The molecule has 1 aliphatic carbocycles. The topological polar surface area (TPSA) is 116 Å². The molecule has 0 bridgehead atoms. The van der Waals surface area contributed by atoms with Crippen LogP contribution >= 0.6 is 0 Å². The maximum Gasteiger partial charge on any atom is 0.409 e. The lowest BCUT2D eigenvalue weighted by molar-refractivity contribution is 0.0929. The molecule has 208 valence electrons. The van der Waals surface area contributed by atoms with Crippen LogP contribution in [0.15, 0.2) is 90.0 Å². The Labute approximate surface area is 237 Å². The lowest BCUT2D eigenvalue weighted by Gasteiger charge is -2.26. The van der Waals surface area contributed by atoms with Crippen LogP contribution in [-0.2, 0) is 11.3 Å². The summed E-state index contributed by atoms with van der Waals surface area (Å²) >= 11 is 0. The number of hydrogen-bond donors (Lipinski definition) is 3.